The van der Waals surface area contributed by atoms with Crippen LogP contribution in [0.15, 0.2) is 42.5 Å². The van der Waals surface area contributed by atoms with E-state index in [-0.39, 0.29) is 22.5 Å². The number of methoxy groups -OCH3 is 1. The van der Waals surface area contributed by atoms with Gasteiger partial charge in [-0.2, -0.15) is 0 Å². The second-order valence-electron chi connectivity index (χ2n) is 9.16. The lowest BCUT2D eigenvalue weighted by Crippen LogP contribution is -2.45. The predicted octanol–water partition coefficient (Wildman–Crippen LogP) is 5.71. The van der Waals surface area contributed by atoms with Gasteiger partial charge in [0.05, 0.1) is 24.4 Å². The summed E-state index contributed by atoms with van der Waals surface area (Å²) in [6.07, 6.45) is 0.722. The van der Waals surface area contributed by atoms with Crippen molar-refractivity contribution >= 4 is 6.29 Å². The Bertz CT molecular complexity index is 582. The molecule has 160 valence electrons. The molecule has 0 saturated heterocycles. The maximum Gasteiger partial charge on any atom is 0.145 e. The highest BCUT2D eigenvalue weighted by atomic mass is 16.5. The van der Waals surface area contributed by atoms with E-state index in [1.54, 1.807) is 14.0 Å². The Balaban J connectivity index is 0.00000129. The van der Waals surface area contributed by atoms with Crippen molar-refractivity contribution in [2.24, 2.45) is 11.3 Å². The first-order chi connectivity index (χ1) is 12.8. The van der Waals surface area contributed by atoms with Crippen molar-refractivity contribution in [2.75, 3.05) is 20.3 Å². The molecule has 0 N–H and O–H groups in total. The molecule has 0 spiro atoms. The fourth-order valence-corrected chi connectivity index (χ4v) is 1.86. The molecule has 1 unspecified atom stereocenters. The summed E-state index contributed by atoms with van der Waals surface area (Å²) in [5.74, 6) is 1.01. The molecule has 0 fully saturated rings. The topological polar surface area (TPSA) is 44.8 Å². The minimum atomic E-state index is -0.317. The van der Waals surface area contributed by atoms with Gasteiger partial charge in [-0.25, -0.2) is 0 Å². The van der Waals surface area contributed by atoms with Crippen LogP contribution in [0.5, 0.6) is 5.75 Å². The lowest BCUT2D eigenvalue weighted by atomic mass is 9.79. The van der Waals surface area contributed by atoms with Gasteiger partial charge in [0, 0.05) is 13.0 Å². The van der Waals surface area contributed by atoms with Crippen molar-refractivity contribution in [1.29, 1.82) is 0 Å². The SMILES string of the molecule is C=C(C)C=O.COC(C)(C)C(COc1ccccc1)COC(C)(C)C(C)(C)C. The standard InChI is InChI=1S/C20H34O3.C4H6O/c1-18(2,3)20(6,7)23-15-16(19(4,5)21-8)14-22-17-12-10-9-11-13-17;1-4(2)3-5/h9-13,16H,14-15H2,1-8H3;3H,1H2,2H3. The molecule has 28 heavy (non-hydrogen) atoms. The van der Waals surface area contributed by atoms with Gasteiger partial charge in [0.25, 0.3) is 0 Å². The van der Waals surface area contributed by atoms with Crippen molar-refractivity contribution in [3.8, 4) is 5.75 Å². The average Bonchev–Trinajstić information content (AvgIpc) is 2.61. The molecule has 0 aliphatic rings. The zero-order valence-electron chi connectivity index (χ0n) is 19.3. The van der Waals surface area contributed by atoms with Crippen LogP contribution in [-0.2, 0) is 14.3 Å². The maximum absolute atomic E-state index is 9.41. The predicted molar refractivity (Wildman–Crippen MR) is 117 cm³/mol. The Morgan fingerprint density at radius 2 is 1.54 bits per heavy atom. The molecule has 0 saturated carbocycles. The van der Waals surface area contributed by atoms with Crippen LogP contribution in [0, 0.1) is 11.3 Å². The number of aldehydes is 1. The van der Waals surface area contributed by atoms with E-state index in [4.69, 9.17) is 14.2 Å². The number of carbonyl (C=O) groups excluding carboxylic acids is 1. The Morgan fingerprint density at radius 1 is 1.04 bits per heavy atom. The number of allylic oxidation sites excluding steroid dienone is 1. The number of hydrogen-bond donors (Lipinski definition) is 0. The zero-order valence-corrected chi connectivity index (χ0v) is 19.3. The molecule has 1 aromatic carbocycles. The summed E-state index contributed by atoms with van der Waals surface area (Å²) in [5.41, 5.74) is 0.101. The minimum Gasteiger partial charge on any atom is -0.493 e. The highest BCUT2D eigenvalue weighted by molar-refractivity contribution is 5.70. The molecule has 0 radical (unpaired) electrons. The molecule has 1 rings (SSSR count). The van der Waals surface area contributed by atoms with Crippen LogP contribution in [0.3, 0.4) is 0 Å². The fraction of sp³-hybridized carbons (Fsp3) is 0.625. The van der Waals surface area contributed by atoms with E-state index in [2.05, 4.69) is 55.0 Å². The number of carbonyl (C=O) groups is 1. The van der Waals surface area contributed by atoms with Crippen molar-refractivity contribution in [1.82, 2.24) is 0 Å². The van der Waals surface area contributed by atoms with E-state index in [0.29, 0.717) is 18.8 Å². The van der Waals surface area contributed by atoms with E-state index < -0.39 is 0 Å². The summed E-state index contributed by atoms with van der Waals surface area (Å²) in [6.45, 7) is 21.2. The molecule has 1 atom stereocenters. The summed E-state index contributed by atoms with van der Waals surface area (Å²) in [7, 11) is 1.74. The third-order valence-electron chi connectivity index (χ3n) is 5.36. The second-order valence-corrected chi connectivity index (χ2v) is 9.16. The minimum absolute atomic E-state index is 0.0645. The van der Waals surface area contributed by atoms with Crippen LogP contribution >= 0.6 is 0 Å². The number of rotatable bonds is 9. The maximum atomic E-state index is 9.41. The first kappa shape index (κ1) is 26.4. The summed E-state index contributed by atoms with van der Waals surface area (Å²) < 4.78 is 17.9. The van der Waals surface area contributed by atoms with Gasteiger partial charge in [0.2, 0.25) is 0 Å². The Kier molecular flexibility index (Phi) is 10.7. The van der Waals surface area contributed by atoms with Gasteiger partial charge < -0.3 is 14.2 Å². The van der Waals surface area contributed by atoms with Crippen LogP contribution in [-0.4, -0.2) is 37.8 Å². The Labute approximate surface area is 172 Å². The highest BCUT2D eigenvalue weighted by Gasteiger charge is 2.37. The lowest BCUT2D eigenvalue weighted by molar-refractivity contribution is -0.138. The molecule has 1 aromatic rings. The van der Waals surface area contributed by atoms with Crippen LogP contribution in [0.4, 0.5) is 0 Å². The fourth-order valence-electron chi connectivity index (χ4n) is 1.86. The Morgan fingerprint density at radius 3 is 1.93 bits per heavy atom. The first-order valence-corrected chi connectivity index (χ1v) is 9.74. The summed E-state index contributed by atoms with van der Waals surface area (Å²) in [6, 6.07) is 9.88. The summed E-state index contributed by atoms with van der Waals surface area (Å²) >= 11 is 0. The van der Waals surface area contributed by atoms with Crippen LogP contribution in [0.2, 0.25) is 0 Å². The third-order valence-corrected chi connectivity index (χ3v) is 5.36. The van der Waals surface area contributed by atoms with Crippen LogP contribution in [0.25, 0.3) is 0 Å². The molecular formula is C24H40O4. The molecule has 0 heterocycles. The van der Waals surface area contributed by atoms with Crippen LogP contribution in [0.1, 0.15) is 55.4 Å². The largest absolute Gasteiger partial charge is 0.493 e. The molecule has 0 aliphatic heterocycles. The Hall–Kier alpha value is -1.65. The van der Waals surface area contributed by atoms with E-state index in [9.17, 15) is 4.79 Å². The van der Waals surface area contributed by atoms with Crippen molar-refractivity contribution in [3.63, 3.8) is 0 Å². The average molecular weight is 393 g/mol. The lowest BCUT2D eigenvalue weighted by Gasteiger charge is -2.41. The van der Waals surface area contributed by atoms with Crippen molar-refractivity contribution in [2.45, 2.75) is 66.6 Å². The normalized spacial score (nSPS) is 13.2. The number of benzene rings is 1. The first-order valence-electron chi connectivity index (χ1n) is 9.74. The molecule has 0 bridgehead atoms. The van der Waals surface area contributed by atoms with Crippen LogP contribution < -0.4 is 4.74 Å². The van der Waals surface area contributed by atoms with Gasteiger partial charge in [-0.15, -0.1) is 0 Å². The third kappa shape index (κ3) is 9.52. The highest BCUT2D eigenvalue weighted by Crippen LogP contribution is 2.34. The van der Waals surface area contributed by atoms with Crippen molar-refractivity contribution < 1.29 is 19.0 Å². The number of hydrogen-bond acceptors (Lipinski definition) is 4. The second kappa shape index (κ2) is 11.4. The van der Waals surface area contributed by atoms with E-state index in [0.717, 1.165) is 12.0 Å². The monoisotopic (exact) mass is 392 g/mol. The van der Waals surface area contributed by atoms with Gasteiger partial charge in [-0.1, -0.05) is 45.5 Å². The van der Waals surface area contributed by atoms with E-state index >= 15 is 0 Å². The van der Waals surface area contributed by atoms with Gasteiger partial charge in [-0.05, 0) is 57.7 Å². The molecule has 4 nitrogen and oxygen atoms in total. The van der Waals surface area contributed by atoms with Gasteiger partial charge in [0.15, 0.2) is 0 Å². The summed E-state index contributed by atoms with van der Waals surface area (Å²) in [5, 5.41) is 0. The molecule has 0 amide bonds. The molecule has 0 aromatic heterocycles. The molecule has 0 aliphatic carbocycles. The quantitative estimate of drug-likeness (QED) is 0.399. The summed E-state index contributed by atoms with van der Waals surface area (Å²) in [4.78, 5) is 9.41. The van der Waals surface area contributed by atoms with Gasteiger partial charge in [-0.3, -0.25) is 4.79 Å². The van der Waals surface area contributed by atoms with E-state index in [1.807, 2.05) is 30.3 Å². The van der Waals surface area contributed by atoms with Gasteiger partial charge in [0.1, 0.15) is 12.0 Å². The van der Waals surface area contributed by atoms with Gasteiger partial charge >= 0.3 is 0 Å². The van der Waals surface area contributed by atoms with E-state index in [1.165, 1.54) is 0 Å². The number of para-hydroxylation sites is 1. The zero-order chi connectivity index (χ0) is 22.0. The van der Waals surface area contributed by atoms with Crippen molar-refractivity contribution in [3.05, 3.63) is 42.5 Å². The smallest absolute Gasteiger partial charge is 0.145 e. The molecule has 4 heteroatoms. The number of ether oxygens (including phenoxy) is 3. The molecular weight excluding hydrogens is 352 g/mol.